The smallest absolute Gasteiger partial charge is 0.277 e. The van der Waals surface area contributed by atoms with E-state index in [2.05, 4.69) is 15.4 Å². The van der Waals surface area contributed by atoms with E-state index in [0.717, 1.165) is 37.2 Å². The summed E-state index contributed by atoms with van der Waals surface area (Å²) in [5.74, 6) is 0.188. The fourth-order valence-corrected chi connectivity index (χ4v) is 3.17. The molecule has 1 aliphatic heterocycles. The zero-order valence-corrected chi connectivity index (χ0v) is 16.3. The fourth-order valence-electron chi connectivity index (χ4n) is 3.17. The number of carbonyl (C=O) groups excluding carboxylic acids is 1. The zero-order valence-electron chi connectivity index (χ0n) is 16.3. The third-order valence-electron chi connectivity index (χ3n) is 4.70. The lowest BCUT2D eigenvalue weighted by Gasteiger charge is -2.29. The van der Waals surface area contributed by atoms with E-state index >= 15 is 0 Å². The first-order valence-corrected chi connectivity index (χ1v) is 9.58. The molecule has 0 atom stereocenters. The standard InChI is InChI=1S/C21H24N4O4/c1-16-5-8-19(9-6-16)29-15-21(26)23-22-14-17-13-18(25(27)28)7-10-20(17)24-11-3-2-4-12-24/h5-10,13-14H,2-4,11-12,15H2,1H3,(H,23,26)/b22-14+. The van der Waals surface area contributed by atoms with Gasteiger partial charge in [-0.1, -0.05) is 17.7 Å². The third kappa shape index (κ3) is 5.78. The van der Waals surface area contributed by atoms with Crippen molar-refractivity contribution >= 4 is 23.5 Å². The average molecular weight is 396 g/mol. The van der Waals surface area contributed by atoms with Crippen LogP contribution in [-0.2, 0) is 4.79 Å². The number of hydrogen-bond donors (Lipinski definition) is 1. The first kappa shape index (κ1) is 20.3. The molecular weight excluding hydrogens is 372 g/mol. The molecule has 2 aromatic carbocycles. The quantitative estimate of drug-likeness (QED) is 0.439. The summed E-state index contributed by atoms with van der Waals surface area (Å²) in [6, 6.07) is 12.1. The van der Waals surface area contributed by atoms with Crippen molar-refractivity contribution in [3.8, 4) is 5.75 Å². The summed E-state index contributed by atoms with van der Waals surface area (Å²) in [4.78, 5) is 24.8. The first-order valence-electron chi connectivity index (χ1n) is 9.58. The molecule has 0 saturated carbocycles. The van der Waals surface area contributed by atoms with Gasteiger partial charge >= 0.3 is 0 Å². The van der Waals surface area contributed by atoms with Crippen LogP contribution < -0.4 is 15.1 Å². The summed E-state index contributed by atoms with van der Waals surface area (Å²) in [7, 11) is 0. The molecule has 1 aliphatic rings. The summed E-state index contributed by atoms with van der Waals surface area (Å²) >= 11 is 0. The Morgan fingerprint density at radius 1 is 1.21 bits per heavy atom. The molecule has 1 heterocycles. The van der Waals surface area contributed by atoms with Crippen LogP contribution in [0.1, 0.15) is 30.4 Å². The highest BCUT2D eigenvalue weighted by Gasteiger charge is 2.17. The minimum atomic E-state index is -0.439. The number of anilines is 1. The summed E-state index contributed by atoms with van der Waals surface area (Å²) in [6.45, 7) is 3.59. The van der Waals surface area contributed by atoms with Crippen LogP contribution >= 0.6 is 0 Å². The number of benzene rings is 2. The van der Waals surface area contributed by atoms with E-state index in [-0.39, 0.29) is 12.3 Å². The Kier molecular flexibility index (Phi) is 6.78. The molecule has 1 saturated heterocycles. The normalized spacial score (nSPS) is 14.0. The number of nitrogens with zero attached hydrogens (tertiary/aromatic N) is 3. The van der Waals surface area contributed by atoms with E-state index in [1.54, 1.807) is 18.2 Å². The number of nitrogens with one attached hydrogen (secondary N) is 1. The van der Waals surface area contributed by atoms with Crippen molar-refractivity contribution in [3.05, 3.63) is 63.7 Å². The van der Waals surface area contributed by atoms with Crippen LogP contribution in [0.5, 0.6) is 5.75 Å². The topological polar surface area (TPSA) is 97.1 Å². The van der Waals surface area contributed by atoms with Crippen LogP contribution in [0.25, 0.3) is 0 Å². The van der Waals surface area contributed by atoms with Crippen LogP contribution in [0.4, 0.5) is 11.4 Å². The van der Waals surface area contributed by atoms with Crippen molar-refractivity contribution in [1.82, 2.24) is 5.43 Å². The van der Waals surface area contributed by atoms with Gasteiger partial charge in [-0.15, -0.1) is 0 Å². The van der Waals surface area contributed by atoms with Crippen LogP contribution in [-0.4, -0.2) is 36.7 Å². The van der Waals surface area contributed by atoms with Crippen molar-refractivity contribution in [2.24, 2.45) is 5.10 Å². The van der Waals surface area contributed by atoms with E-state index < -0.39 is 10.8 Å². The Morgan fingerprint density at radius 3 is 2.62 bits per heavy atom. The molecule has 2 aromatic rings. The van der Waals surface area contributed by atoms with Crippen LogP contribution in [0.15, 0.2) is 47.6 Å². The lowest BCUT2D eigenvalue weighted by atomic mass is 10.1. The number of piperidine rings is 1. The molecule has 0 radical (unpaired) electrons. The maximum atomic E-state index is 12.0. The second kappa shape index (κ2) is 9.68. The number of non-ortho nitro benzene ring substituents is 1. The maximum absolute atomic E-state index is 12.0. The van der Waals surface area contributed by atoms with E-state index in [0.29, 0.717) is 11.3 Å². The third-order valence-corrected chi connectivity index (χ3v) is 4.70. The fraction of sp³-hybridized carbons (Fsp3) is 0.333. The average Bonchev–Trinajstić information content (AvgIpc) is 2.74. The molecule has 152 valence electrons. The van der Waals surface area contributed by atoms with Crippen molar-refractivity contribution < 1.29 is 14.5 Å². The van der Waals surface area contributed by atoms with Gasteiger partial charge in [0, 0.05) is 36.5 Å². The minimum absolute atomic E-state index is 0.0127. The van der Waals surface area contributed by atoms with Gasteiger partial charge in [0.25, 0.3) is 11.6 Å². The summed E-state index contributed by atoms with van der Waals surface area (Å²) in [6.07, 6.45) is 4.80. The van der Waals surface area contributed by atoms with Crippen molar-refractivity contribution in [2.45, 2.75) is 26.2 Å². The van der Waals surface area contributed by atoms with Gasteiger partial charge in [0.1, 0.15) is 5.75 Å². The van der Waals surface area contributed by atoms with Crippen molar-refractivity contribution in [1.29, 1.82) is 0 Å². The zero-order chi connectivity index (χ0) is 20.6. The van der Waals surface area contributed by atoms with Crippen molar-refractivity contribution in [2.75, 3.05) is 24.6 Å². The lowest BCUT2D eigenvalue weighted by molar-refractivity contribution is -0.384. The molecular formula is C21H24N4O4. The highest BCUT2D eigenvalue weighted by Crippen LogP contribution is 2.26. The second-order valence-corrected chi connectivity index (χ2v) is 6.94. The molecule has 0 aromatic heterocycles. The van der Waals surface area contributed by atoms with Crippen LogP contribution in [0, 0.1) is 17.0 Å². The van der Waals surface area contributed by atoms with Gasteiger partial charge < -0.3 is 9.64 Å². The Labute approximate surface area is 169 Å². The Balaban J connectivity index is 1.64. The summed E-state index contributed by atoms with van der Waals surface area (Å²) < 4.78 is 5.41. The lowest BCUT2D eigenvalue weighted by Crippen LogP contribution is -2.30. The number of hydrazone groups is 1. The minimum Gasteiger partial charge on any atom is -0.484 e. The molecule has 0 spiro atoms. The highest BCUT2D eigenvalue weighted by atomic mass is 16.6. The largest absolute Gasteiger partial charge is 0.484 e. The van der Waals surface area contributed by atoms with Crippen LogP contribution in [0.2, 0.25) is 0 Å². The Hall–Kier alpha value is -3.42. The molecule has 1 fully saturated rings. The number of nitro benzene ring substituents is 1. The van der Waals surface area contributed by atoms with Gasteiger partial charge in [-0.2, -0.15) is 5.10 Å². The van der Waals surface area contributed by atoms with Gasteiger partial charge in [0.05, 0.1) is 11.1 Å². The number of ether oxygens (including phenoxy) is 1. The molecule has 0 aliphatic carbocycles. The molecule has 3 rings (SSSR count). The monoisotopic (exact) mass is 396 g/mol. The van der Waals surface area contributed by atoms with E-state index in [9.17, 15) is 14.9 Å². The first-order chi connectivity index (χ1) is 14.0. The van der Waals surface area contributed by atoms with E-state index in [1.807, 2.05) is 19.1 Å². The molecule has 8 nitrogen and oxygen atoms in total. The molecule has 1 amide bonds. The predicted molar refractivity (Wildman–Crippen MR) is 112 cm³/mol. The molecule has 8 heteroatoms. The van der Waals surface area contributed by atoms with Crippen molar-refractivity contribution in [3.63, 3.8) is 0 Å². The number of amides is 1. The summed E-state index contributed by atoms with van der Waals surface area (Å²) in [5.41, 5.74) is 4.98. The number of rotatable bonds is 7. The highest BCUT2D eigenvalue weighted by molar-refractivity contribution is 5.90. The van der Waals surface area contributed by atoms with Gasteiger partial charge in [0.15, 0.2) is 6.61 Å². The molecule has 1 N–H and O–H groups in total. The van der Waals surface area contributed by atoms with E-state index in [4.69, 9.17) is 4.74 Å². The summed E-state index contributed by atoms with van der Waals surface area (Å²) in [5, 5.41) is 15.1. The number of aryl methyl sites for hydroxylation is 1. The van der Waals surface area contributed by atoms with Gasteiger partial charge in [-0.3, -0.25) is 14.9 Å². The number of hydrogen-bond acceptors (Lipinski definition) is 6. The van der Waals surface area contributed by atoms with Gasteiger partial charge in [-0.05, 0) is 44.4 Å². The maximum Gasteiger partial charge on any atom is 0.277 e. The van der Waals surface area contributed by atoms with Gasteiger partial charge in [0.2, 0.25) is 0 Å². The molecule has 0 unspecified atom stereocenters. The number of nitro groups is 1. The second-order valence-electron chi connectivity index (χ2n) is 6.94. The Bertz CT molecular complexity index is 890. The number of carbonyl (C=O) groups is 1. The predicted octanol–water partition coefficient (Wildman–Crippen LogP) is 3.42. The van der Waals surface area contributed by atoms with Crippen LogP contribution in [0.3, 0.4) is 0 Å². The van der Waals surface area contributed by atoms with Gasteiger partial charge in [-0.25, -0.2) is 5.43 Å². The Morgan fingerprint density at radius 2 is 1.93 bits per heavy atom. The SMILES string of the molecule is Cc1ccc(OCC(=O)N/N=C/c2cc([N+](=O)[O-])ccc2N2CCCCC2)cc1. The molecule has 29 heavy (non-hydrogen) atoms. The molecule has 0 bridgehead atoms. The van der Waals surface area contributed by atoms with E-state index in [1.165, 1.54) is 24.8 Å².